The third-order valence-electron chi connectivity index (χ3n) is 3.19. The number of rotatable bonds is 4. The van der Waals surface area contributed by atoms with Gasteiger partial charge in [0.2, 0.25) is 5.78 Å². The summed E-state index contributed by atoms with van der Waals surface area (Å²) in [6, 6.07) is 0. The Balaban J connectivity index is 4.96. The Labute approximate surface area is 85.4 Å². The van der Waals surface area contributed by atoms with Gasteiger partial charge in [0.1, 0.15) is 0 Å². The molecule has 0 aromatic carbocycles. The molecule has 0 aliphatic carbocycles. The minimum Gasteiger partial charge on any atom is -0.353 e. The maximum atomic E-state index is 11.7. The second kappa shape index (κ2) is 4.09. The summed E-state index contributed by atoms with van der Waals surface area (Å²) in [7, 11) is 3.24. The second-order valence-electron chi connectivity index (χ2n) is 4.41. The van der Waals surface area contributed by atoms with Gasteiger partial charge in [-0.25, -0.2) is 0 Å². The molecule has 0 aliphatic rings. The maximum absolute atomic E-state index is 11.7. The van der Waals surface area contributed by atoms with Crippen LogP contribution in [0.3, 0.4) is 0 Å². The number of ketones is 1. The lowest BCUT2D eigenvalue weighted by Gasteiger charge is -2.39. The first-order valence-electron chi connectivity index (χ1n) is 4.66. The van der Waals surface area contributed by atoms with E-state index in [1.54, 1.807) is 20.9 Å². The van der Waals surface area contributed by atoms with Crippen LogP contribution in [0.2, 0.25) is 0 Å². The largest absolute Gasteiger partial charge is 0.353 e. The van der Waals surface area contributed by atoms with Crippen molar-refractivity contribution in [1.29, 1.82) is 0 Å². The number of hydrogen-bond acceptors (Lipinski definition) is 3. The molecule has 82 valence electrons. The highest BCUT2D eigenvalue weighted by Crippen LogP contribution is 2.31. The van der Waals surface area contributed by atoms with Crippen molar-refractivity contribution in [1.82, 2.24) is 10.6 Å². The molecule has 0 atom stereocenters. The first-order chi connectivity index (χ1) is 6.20. The van der Waals surface area contributed by atoms with Crippen molar-refractivity contribution in [3.63, 3.8) is 0 Å². The second-order valence-corrected chi connectivity index (χ2v) is 4.41. The molecule has 1 amide bonds. The lowest BCUT2D eigenvalue weighted by Crippen LogP contribution is -2.56. The van der Waals surface area contributed by atoms with Crippen molar-refractivity contribution in [3.8, 4) is 0 Å². The fraction of sp³-hybridized carbons (Fsp3) is 0.800. The molecule has 0 saturated heterocycles. The molecule has 0 bridgehead atoms. The van der Waals surface area contributed by atoms with Crippen LogP contribution in [0.4, 0.5) is 0 Å². The van der Waals surface area contributed by atoms with Gasteiger partial charge in [-0.2, -0.15) is 0 Å². The van der Waals surface area contributed by atoms with Crippen molar-refractivity contribution < 1.29 is 9.59 Å². The zero-order valence-electron chi connectivity index (χ0n) is 9.82. The third-order valence-corrected chi connectivity index (χ3v) is 3.19. The number of nitrogens with one attached hydrogen (secondary N) is 2. The summed E-state index contributed by atoms with van der Waals surface area (Å²) in [5.74, 6) is -0.947. The van der Waals surface area contributed by atoms with E-state index in [4.69, 9.17) is 0 Å². The Hall–Kier alpha value is -0.900. The highest BCUT2D eigenvalue weighted by Gasteiger charge is 2.44. The van der Waals surface area contributed by atoms with E-state index < -0.39 is 22.6 Å². The summed E-state index contributed by atoms with van der Waals surface area (Å²) >= 11 is 0. The van der Waals surface area contributed by atoms with E-state index in [0.29, 0.717) is 0 Å². The highest BCUT2D eigenvalue weighted by atomic mass is 16.2. The molecule has 0 fully saturated rings. The van der Waals surface area contributed by atoms with Gasteiger partial charge in [-0.05, 0) is 20.9 Å². The van der Waals surface area contributed by atoms with E-state index in [2.05, 4.69) is 10.6 Å². The Morgan fingerprint density at radius 3 is 1.71 bits per heavy atom. The molecule has 14 heavy (non-hydrogen) atoms. The SMILES string of the molecule is CNC(=O)C(=O)C(C)(C)C(C)(C)NC. The Kier molecular flexibility index (Phi) is 3.82. The van der Waals surface area contributed by atoms with Crippen LogP contribution in [-0.4, -0.2) is 31.3 Å². The Morgan fingerprint density at radius 1 is 1.00 bits per heavy atom. The predicted molar refractivity (Wildman–Crippen MR) is 56.0 cm³/mol. The average Bonchev–Trinajstić information content (AvgIpc) is 2.14. The summed E-state index contributed by atoms with van der Waals surface area (Å²) in [4.78, 5) is 23.0. The standard InChI is InChI=1S/C10H20N2O2/c1-9(2,10(3,4)12-6)7(13)8(14)11-5/h12H,1-6H3,(H,11,14). The van der Waals surface area contributed by atoms with Gasteiger partial charge >= 0.3 is 0 Å². The van der Waals surface area contributed by atoms with E-state index in [-0.39, 0.29) is 0 Å². The molecule has 2 N–H and O–H groups in total. The summed E-state index contributed by atoms with van der Waals surface area (Å²) < 4.78 is 0. The fourth-order valence-corrected chi connectivity index (χ4v) is 0.994. The summed E-state index contributed by atoms with van der Waals surface area (Å²) in [6.07, 6.45) is 0. The van der Waals surface area contributed by atoms with Crippen LogP contribution < -0.4 is 10.6 Å². The molecule has 0 saturated carbocycles. The average molecular weight is 200 g/mol. The van der Waals surface area contributed by atoms with Gasteiger partial charge in [0.05, 0.1) is 5.41 Å². The van der Waals surface area contributed by atoms with Crippen LogP contribution in [0, 0.1) is 5.41 Å². The first-order valence-corrected chi connectivity index (χ1v) is 4.66. The maximum Gasteiger partial charge on any atom is 0.287 e. The molecule has 0 aromatic heterocycles. The predicted octanol–water partition coefficient (Wildman–Crippen LogP) is 0.326. The van der Waals surface area contributed by atoms with Crippen molar-refractivity contribution in [2.75, 3.05) is 14.1 Å². The first kappa shape index (κ1) is 13.1. The monoisotopic (exact) mass is 200 g/mol. The van der Waals surface area contributed by atoms with Crippen LogP contribution in [0.15, 0.2) is 0 Å². The number of likely N-dealkylation sites (N-methyl/N-ethyl adjacent to an activating group) is 1. The molecule has 0 aliphatic heterocycles. The topological polar surface area (TPSA) is 58.2 Å². The van der Waals surface area contributed by atoms with E-state index in [0.717, 1.165) is 0 Å². The van der Waals surface area contributed by atoms with Crippen molar-refractivity contribution in [2.45, 2.75) is 33.2 Å². The van der Waals surface area contributed by atoms with Gasteiger partial charge in [-0.15, -0.1) is 0 Å². The molecule has 0 unspecified atom stereocenters. The normalized spacial score (nSPS) is 12.4. The number of hydrogen-bond donors (Lipinski definition) is 2. The zero-order chi connectivity index (χ0) is 11.6. The highest BCUT2D eigenvalue weighted by molar-refractivity contribution is 6.38. The molecule has 0 rings (SSSR count). The number of amides is 1. The smallest absolute Gasteiger partial charge is 0.287 e. The molecular formula is C10H20N2O2. The molecule has 0 aromatic rings. The van der Waals surface area contributed by atoms with Gasteiger partial charge in [0.25, 0.3) is 5.91 Å². The van der Waals surface area contributed by atoms with Crippen LogP contribution >= 0.6 is 0 Å². The van der Waals surface area contributed by atoms with Crippen LogP contribution in [-0.2, 0) is 9.59 Å². The van der Waals surface area contributed by atoms with E-state index in [9.17, 15) is 9.59 Å². The van der Waals surface area contributed by atoms with Crippen molar-refractivity contribution in [3.05, 3.63) is 0 Å². The summed E-state index contributed by atoms with van der Waals surface area (Å²) in [5.41, 5.74) is -1.15. The number of carbonyl (C=O) groups excluding carboxylic acids is 2. The minimum absolute atomic E-state index is 0.403. The van der Waals surface area contributed by atoms with Gasteiger partial charge in [0, 0.05) is 12.6 Å². The molecule has 4 heteroatoms. The third kappa shape index (κ3) is 2.12. The molecular weight excluding hydrogens is 180 g/mol. The van der Waals surface area contributed by atoms with Gasteiger partial charge in [-0.3, -0.25) is 9.59 Å². The zero-order valence-corrected chi connectivity index (χ0v) is 9.82. The molecule has 0 spiro atoms. The summed E-state index contributed by atoms with van der Waals surface area (Å²) in [5, 5.41) is 5.39. The molecule has 0 heterocycles. The van der Waals surface area contributed by atoms with Gasteiger partial charge in [-0.1, -0.05) is 13.8 Å². The van der Waals surface area contributed by atoms with Crippen LogP contribution in [0.1, 0.15) is 27.7 Å². The minimum atomic E-state index is -0.734. The lowest BCUT2D eigenvalue weighted by atomic mass is 9.71. The van der Waals surface area contributed by atoms with Crippen LogP contribution in [0.5, 0.6) is 0 Å². The number of Topliss-reactive ketones (excluding diaryl/α,β-unsaturated/α-hetero) is 1. The van der Waals surface area contributed by atoms with Crippen LogP contribution in [0.25, 0.3) is 0 Å². The van der Waals surface area contributed by atoms with E-state index in [1.807, 2.05) is 13.8 Å². The summed E-state index contributed by atoms with van der Waals surface area (Å²) in [6.45, 7) is 7.32. The Bertz CT molecular complexity index is 245. The lowest BCUT2D eigenvalue weighted by molar-refractivity contribution is -0.145. The number of carbonyl (C=O) groups is 2. The van der Waals surface area contributed by atoms with Crippen molar-refractivity contribution in [2.24, 2.45) is 5.41 Å². The van der Waals surface area contributed by atoms with E-state index >= 15 is 0 Å². The van der Waals surface area contributed by atoms with Gasteiger partial charge < -0.3 is 10.6 Å². The molecule has 0 radical (unpaired) electrons. The Morgan fingerprint density at radius 2 is 1.43 bits per heavy atom. The fourth-order valence-electron chi connectivity index (χ4n) is 0.994. The quantitative estimate of drug-likeness (QED) is 0.643. The van der Waals surface area contributed by atoms with Crippen molar-refractivity contribution >= 4 is 11.7 Å². The van der Waals surface area contributed by atoms with Gasteiger partial charge in [0.15, 0.2) is 0 Å². The molecule has 4 nitrogen and oxygen atoms in total. The van der Waals surface area contributed by atoms with E-state index in [1.165, 1.54) is 7.05 Å².